The summed E-state index contributed by atoms with van der Waals surface area (Å²) in [6.45, 7) is 3.25. The molecule has 0 radical (unpaired) electrons. The number of benzene rings is 1. The van der Waals surface area contributed by atoms with Gasteiger partial charge in [-0.2, -0.15) is 5.26 Å². The first kappa shape index (κ1) is 11.4. The van der Waals surface area contributed by atoms with E-state index in [4.69, 9.17) is 5.26 Å². The molecule has 1 aromatic carbocycles. The van der Waals surface area contributed by atoms with Gasteiger partial charge in [0.2, 0.25) is 0 Å². The van der Waals surface area contributed by atoms with Gasteiger partial charge in [0.1, 0.15) is 0 Å². The summed E-state index contributed by atoms with van der Waals surface area (Å²) >= 11 is 1.94. The molecule has 2 aromatic rings. The van der Waals surface area contributed by atoms with Crippen molar-refractivity contribution in [3.63, 3.8) is 0 Å². The van der Waals surface area contributed by atoms with Crippen molar-refractivity contribution in [2.75, 3.05) is 5.75 Å². The number of aryl methyl sites for hydroxylation is 1. The van der Waals surface area contributed by atoms with Gasteiger partial charge in [0.25, 0.3) is 0 Å². The van der Waals surface area contributed by atoms with Crippen LogP contribution in [0.25, 0.3) is 0 Å². The minimum Gasteiger partial charge on any atom is -0.332 e. The minimum absolute atomic E-state index is 0.0667. The third-order valence-electron chi connectivity index (χ3n) is 3.49. The van der Waals surface area contributed by atoms with Crippen molar-refractivity contribution >= 4 is 11.8 Å². The maximum Gasteiger partial charge on any atom is 0.0991 e. The Balaban J connectivity index is 2.08. The molecule has 2 heterocycles. The van der Waals surface area contributed by atoms with Crippen molar-refractivity contribution in [3.8, 4) is 6.07 Å². The highest BCUT2D eigenvalue weighted by Crippen LogP contribution is 2.44. The predicted molar refractivity (Wildman–Crippen MR) is 72.3 cm³/mol. The van der Waals surface area contributed by atoms with E-state index in [1.807, 2.05) is 48.6 Å². The second kappa shape index (κ2) is 4.18. The fourth-order valence-electron chi connectivity index (χ4n) is 2.41. The maximum absolute atomic E-state index is 8.86. The van der Waals surface area contributed by atoms with Crippen LogP contribution in [0.3, 0.4) is 0 Å². The Morgan fingerprint density at radius 3 is 2.89 bits per heavy atom. The van der Waals surface area contributed by atoms with Crippen LogP contribution < -0.4 is 0 Å². The summed E-state index contributed by atoms with van der Waals surface area (Å²) in [7, 11) is 0. The number of aromatic nitrogens is 2. The summed E-state index contributed by atoms with van der Waals surface area (Å²) < 4.78 is 2.15. The van der Waals surface area contributed by atoms with Crippen LogP contribution in [0.2, 0.25) is 0 Å². The monoisotopic (exact) mass is 255 g/mol. The van der Waals surface area contributed by atoms with Crippen molar-refractivity contribution in [1.82, 2.24) is 9.55 Å². The summed E-state index contributed by atoms with van der Waals surface area (Å²) in [6.07, 6.45) is 3.85. The number of hydrogen-bond acceptors (Lipinski definition) is 3. The summed E-state index contributed by atoms with van der Waals surface area (Å²) in [5.74, 6) is 1.08. The molecular formula is C14H13N3S. The zero-order valence-electron chi connectivity index (χ0n) is 10.1. The molecule has 0 saturated carbocycles. The van der Waals surface area contributed by atoms with Crippen LogP contribution in [0.5, 0.6) is 0 Å². The summed E-state index contributed by atoms with van der Waals surface area (Å²) in [5.41, 5.74) is 3.17. The Morgan fingerprint density at radius 1 is 1.39 bits per heavy atom. The van der Waals surface area contributed by atoms with E-state index in [-0.39, 0.29) is 4.75 Å². The van der Waals surface area contributed by atoms with Gasteiger partial charge in [-0.1, -0.05) is 12.1 Å². The number of thioether (sulfide) groups is 1. The second-order valence-corrected chi connectivity index (χ2v) is 6.06. The molecule has 3 rings (SSSR count). The first-order chi connectivity index (χ1) is 8.74. The van der Waals surface area contributed by atoms with E-state index in [2.05, 4.69) is 22.5 Å². The summed E-state index contributed by atoms with van der Waals surface area (Å²) in [6, 6.07) is 10.0. The molecule has 4 heteroatoms. The average Bonchev–Trinajstić information content (AvgIpc) is 2.89. The molecule has 0 aliphatic carbocycles. The van der Waals surface area contributed by atoms with Gasteiger partial charge in [-0.15, -0.1) is 11.8 Å². The zero-order chi connectivity index (χ0) is 12.6. The number of fused-ring (bicyclic) bond motifs is 1. The SMILES string of the molecule is CC1(c2ccc(C#N)cc2)SCCn2cncc21. The van der Waals surface area contributed by atoms with Crippen molar-refractivity contribution < 1.29 is 0 Å². The molecule has 0 saturated heterocycles. The highest BCUT2D eigenvalue weighted by atomic mass is 32.2. The predicted octanol–water partition coefficient (Wildman–Crippen LogP) is 2.77. The van der Waals surface area contributed by atoms with Gasteiger partial charge in [-0.3, -0.25) is 0 Å². The fraction of sp³-hybridized carbons (Fsp3) is 0.286. The summed E-state index contributed by atoms with van der Waals surface area (Å²) in [4.78, 5) is 4.26. The molecule has 0 N–H and O–H groups in total. The molecule has 1 atom stereocenters. The Bertz CT molecular complexity index is 609. The maximum atomic E-state index is 8.86. The van der Waals surface area contributed by atoms with E-state index >= 15 is 0 Å². The number of imidazole rings is 1. The standard InChI is InChI=1S/C14H13N3S/c1-14(12-4-2-11(8-15)3-5-12)13-9-16-10-17(13)6-7-18-14/h2-5,9-10H,6-7H2,1H3. The van der Waals surface area contributed by atoms with E-state index in [0.29, 0.717) is 5.56 Å². The average molecular weight is 255 g/mol. The van der Waals surface area contributed by atoms with Crippen LogP contribution in [-0.4, -0.2) is 15.3 Å². The molecule has 90 valence electrons. The highest BCUT2D eigenvalue weighted by molar-refractivity contribution is 8.00. The number of rotatable bonds is 1. The first-order valence-electron chi connectivity index (χ1n) is 5.89. The van der Waals surface area contributed by atoms with Crippen LogP contribution in [0.1, 0.15) is 23.7 Å². The zero-order valence-corrected chi connectivity index (χ0v) is 10.9. The molecule has 0 bridgehead atoms. The van der Waals surface area contributed by atoms with Crippen LogP contribution in [0.15, 0.2) is 36.8 Å². The van der Waals surface area contributed by atoms with Gasteiger partial charge in [0.05, 0.1) is 28.4 Å². The molecule has 1 aliphatic rings. The second-order valence-electron chi connectivity index (χ2n) is 4.54. The lowest BCUT2D eigenvalue weighted by Gasteiger charge is -2.34. The molecule has 1 aliphatic heterocycles. The molecule has 0 spiro atoms. The number of nitriles is 1. The Morgan fingerprint density at radius 2 is 2.17 bits per heavy atom. The minimum atomic E-state index is -0.0667. The number of hydrogen-bond donors (Lipinski definition) is 0. The third-order valence-corrected chi connectivity index (χ3v) is 4.90. The molecule has 0 fully saturated rings. The van der Waals surface area contributed by atoms with E-state index in [0.717, 1.165) is 12.3 Å². The molecule has 1 unspecified atom stereocenters. The highest BCUT2D eigenvalue weighted by Gasteiger charge is 2.35. The lowest BCUT2D eigenvalue weighted by atomic mass is 9.95. The normalized spacial score (nSPS) is 22.2. The lowest BCUT2D eigenvalue weighted by molar-refractivity contribution is 0.640. The smallest absolute Gasteiger partial charge is 0.0991 e. The molecule has 18 heavy (non-hydrogen) atoms. The molecule has 0 amide bonds. The largest absolute Gasteiger partial charge is 0.332 e. The van der Waals surface area contributed by atoms with Crippen LogP contribution in [-0.2, 0) is 11.3 Å². The van der Waals surface area contributed by atoms with Gasteiger partial charge in [0, 0.05) is 18.5 Å². The summed E-state index contributed by atoms with van der Waals surface area (Å²) in [5, 5.41) is 8.86. The van der Waals surface area contributed by atoms with Crippen LogP contribution in [0.4, 0.5) is 0 Å². The lowest BCUT2D eigenvalue weighted by Crippen LogP contribution is -2.28. The fourth-order valence-corrected chi connectivity index (χ4v) is 3.73. The molecular weight excluding hydrogens is 242 g/mol. The quantitative estimate of drug-likeness (QED) is 0.787. The van der Waals surface area contributed by atoms with E-state index in [1.54, 1.807) is 0 Å². The van der Waals surface area contributed by atoms with Gasteiger partial charge in [0.15, 0.2) is 0 Å². The number of nitrogens with zero attached hydrogens (tertiary/aromatic N) is 3. The van der Waals surface area contributed by atoms with Crippen molar-refractivity contribution in [3.05, 3.63) is 53.6 Å². The Hall–Kier alpha value is -1.73. The van der Waals surface area contributed by atoms with Gasteiger partial charge >= 0.3 is 0 Å². The van der Waals surface area contributed by atoms with Gasteiger partial charge in [-0.05, 0) is 24.6 Å². The van der Waals surface area contributed by atoms with E-state index in [1.165, 1.54) is 11.3 Å². The van der Waals surface area contributed by atoms with E-state index < -0.39 is 0 Å². The topological polar surface area (TPSA) is 41.6 Å². The Labute approximate surface area is 110 Å². The van der Waals surface area contributed by atoms with Crippen molar-refractivity contribution in [2.45, 2.75) is 18.2 Å². The van der Waals surface area contributed by atoms with Gasteiger partial charge < -0.3 is 4.57 Å². The van der Waals surface area contributed by atoms with E-state index in [9.17, 15) is 0 Å². The van der Waals surface area contributed by atoms with Crippen molar-refractivity contribution in [2.24, 2.45) is 0 Å². The van der Waals surface area contributed by atoms with Crippen LogP contribution in [0, 0.1) is 11.3 Å². The molecule has 1 aromatic heterocycles. The Kier molecular flexibility index (Phi) is 2.64. The molecule has 3 nitrogen and oxygen atoms in total. The third kappa shape index (κ3) is 1.63. The van der Waals surface area contributed by atoms with Crippen molar-refractivity contribution in [1.29, 1.82) is 5.26 Å². The first-order valence-corrected chi connectivity index (χ1v) is 6.88. The van der Waals surface area contributed by atoms with Gasteiger partial charge in [-0.25, -0.2) is 4.98 Å². The van der Waals surface area contributed by atoms with Crippen LogP contribution >= 0.6 is 11.8 Å².